The number of hydrogen-bond donors (Lipinski definition) is 1. The fourth-order valence-corrected chi connectivity index (χ4v) is 6.29. The van der Waals surface area contributed by atoms with Crippen LogP contribution >= 0.6 is 0 Å². The van der Waals surface area contributed by atoms with Gasteiger partial charge >= 0.3 is 6.09 Å². The Balaban J connectivity index is 1.22. The molecular weight excluding hydrogens is 556 g/mol. The molecule has 3 aliphatic rings. The third-order valence-corrected chi connectivity index (χ3v) is 9.12. The summed E-state index contributed by atoms with van der Waals surface area (Å²) in [4.78, 5) is 45.8. The van der Waals surface area contributed by atoms with E-state index in [-0.39, 0.29) is 23.1 Å². The molecule has 1 atom stereocenters. The number of anilines is 1. The summed E-state index contributed by atoms with van der Waals surface area (Å²) in [6.45, 7) is 13.6. The molecule has 1 aliphatic carbocycles. The van der Waals surface area contributed by atoms with Crippen molar-refractivity contribution in [2.24, 2.45) is 5.92 Å². The second kappa shape index (κ2) is 12.7. The van der Waals surface area contributed by atoms with E-state index in [0.29, 0.717) is 51.1 Å². The Morgan fingerprint density at radius 1 is 0.886 bits per heavy atom. The second-order valence-electron chi connectivity index (χ2n) is 14.1. The van der Waals surface area contributed by atoms with Gasteiger partial charge in [-0.15, -0.1) is 0 Å². The monoisotopic (exact) mass is 604 g/mol. The third kappa shape index (κ3) is 7.48. The highest BCUT2D eigenvalue weighted by atomic mass is 16.5. The van der Waals surface area contributed by atoms with Crippen LogP contribution in [-0.4, -0.2) is 88.6 Å². The van der Waals surface area contributed by atoms with Crippen LogP contribution in [0.2, 0.25) is 0 Å². The van der Waals surface area contributed by atoms with Gasteiger partial charge in [0, 0.05) is 63.6 Å². The summed E-state index contributed by atoms with van der Waals surface area (Å²) in [5.41, 5.74) is 2.44. The number of carbonyl (C=O) groups is 3. The summed E-state index contributed by atoms with van der Waals surface area (Å²) in [7, 11) is 0. The lowest BCUT2D eigenvalue weighted by atomic mass is 9.86. The summed E-state index contributed by atoms with van der Waals surface area (Å²) in [5, 5.41) is 9.22. The first-order valence-electron chi connectivity index (χ1n) is 16.0. The molecule has 238 valence electrons. The highest BCUT2D eigenvalue weighted by Gasteiger charge is 2.38. The number of carboxylic acid groups (broad SMARTS) is 1. The van der Waals surface area contributed by atoms with Crippen molar-refractivity contribution in [3.05, 3.63) is 59.7 Å². The van der Waals surface area contributed by atoms with Crippen molar-refractivity contribution in [2.75, 3.05) is 44.2 Å². The largest absolute Gasteiger partial charge is 0.478 e. The topological polar surface area (TPSA) is 93.6 Å². The zero-order valence-corrected chi connectivity index (χ0v) is 26.9. The standard InChI is InChI=1S/C35H48N4O5/c1-34(2,3)27-13-11-25(12-14-27)23-39(28-15-16-28)31(40)26-8-7-17-38(24-26)29-9-6-10-30(22-29)44-35(4,5)32(41)36-18-20-37(21-19-36)33(42)43/h6,9-14,22,26,28H,7-8,15-21,23-24H2,1-5H3,(H,42,43). The maximum atomic E-state index is 13.9. The van der Waals surface area contributed by atoms with Gasteiger partial charge in [-0.25, -0.2) is 4.79 Å². The zero-order valence-electron chi connectivity index (χ0n) is 26.9. The molecule has 1 saturated carbocycles. The second-order valence-corrected chi connectivity index (χ2v) is 14.1. The SMILES string of the molecule is CC(C)(Oc1cccc(N2CCCC(C(=O)N(Cc3ccc(C(C)(C)C)cc3)C3CC3)C2)c1)C(=O)N1CCN(C(=O)O)CC1. The Morgan fingerprint density at radius 3 is 2.16 bits per heavy atom. The van der Waals surface area contributed by atoms with Crippen LogP contribution in [0.5, 0.6) is 5.75 Å². The van der Waals surface area contributed by atoms with Gasteiger partial charge in [-0.05, 0) is 68.2 Å². The highest BCUT2D eigenvalue weighted by Crippen LogP contribution is 2.34. The minimum Gasteiger partial charge on any atom is -0.478 e. The van der Waals surface area contributed by atoms with Crippen LogP contribution in [-0.2, 0) is 21.5 Å². The normalized spacial score (nSPS) is 19.5. The molecule has 0 aromatic heterocycles. The molecule has 1 unspecified atom stereocenters. The summed E-state index contributed by atoms with van der Waals surface area (Å²) in [6.07, 6.45) is 3.01. The van der Waals surface area contributed by atoms with E-state index in [9.17, 15) is 19.5 Å². The molecule has 2 aromatic rings. The number of piperazine rings is 1. The average Bonchev–Trinajstić information content (AvgIpc) is 3.84. The van der Waals surface area contributed by atoms with E-state index in [1.165, 1.54) is 16.0 Å². The molecule has 9 nitrogen and oxygen atoms in total. The third-order valence-electron chi connectivity index (χ3n) is 9.12. The number of benzene rings is 2. The van der Waals surface area contributed by atoms with Crippen LogP contribution in [0.1, 0.15) is 71.4 Å². The maximum absolute atomic E-state index is 13.9. The van der Waals surface area contributed by atoms with Crippen molar-refractivity contribution in [2.45, 2.75) is 83.9 Å². The van der Waals surface area contributed by atoms with Gasteiger partial charge in [-0.3, -0.25) is 9.59 Å². The number of carbonyl (C=O) groups excluding carboxylic acids is 2. The van der Waals surface area contributed by atoms with Crippen LogP contribution in [0.4, 0.5) is 10.5 Å². The first-order valence-corrected chi connectivity index (χ1v) is 16.0. The Hall–Kier alpha value is -3.75. The molecule has 5 rings (SSSR count). The number of amides is 3. The number of piperidine rings is 1. The number of ether oxygens (including phenoxy) is 1. The van der Waals surface area contributed by atoms with Gasteiger partial charge in [0.2, 0.25) is 5.91 Å². The summed E-state index contributed by atoms with van der Waals surface area (Å²) in [6, 6.07) is 16.8. The van der Waals surface area contributed by atoms with E-state index >= 15 is 0 Å². The molecule has 9 heteroatoms. The van der Waals surface area contributed by atoms with E-state index in [4.69, 9.17) is 4.74 Å². The Morgan fingerprint density at radius 2 is 1.55 bits per heavy atom. The lowest BCUT2D eigenvalue weighted by Gasteiger charge is -2.38. The van der Waals surface area contributed by atoms with Crippen LogP contribution in [0.3, 0.4) is 0 Å². The fraction of sp³-hybridized carbons (Fsp3) is 0.571. The van der Waals surface area contributed by atoms with Crippen molar-refractivity contribution < 1.29 is 24.2 Å². The van der Waals surface area contributed by atoms with Crippen molar-refractivity contribution in [3.8, 4) is 5.75 Å². The van der Waals surface area contributed by atoms with Crippen LogP contribution in [0.25, 0.3) is 0 Å². The number of hydrogen-bond acceptors (Lipinski definition) is 5. The van der Waals surface area contributed by atoms with E-state index in [1.807, 2.05) is 24.3 Å². The van der Waals surface area contributed by atoms with Crippen molar-refractivity contribution in [1.29, 1.82) is 0 Å². The predicted octanol–water partition coefficient (Wildman–Crippen LogP) is 5.37. The van der Waals surface area contributed by atoms with Crippen LogP contribution < -0.4 is 9.64 Å². The van der Waals surface area contributed by atoms with Crippen molar-refractivity contribution in [1.82, 2.24) is 14.7 Å². The highest BCUT2D eigenvalue weighted by molar-refractivity contribution is 5.85. The van der Waals surface area contributed by atoms with Gasteiger partial charge in [-0.1, -0.05) is 51.1 Å². The minimum atomic E-state index is -1.11. The van der Waals surface area contributed by atoms with Gasteiger partial charge in [0.05, 0.1) is 5.92 Å². The van der Waals surface area contributed by atoms with Gasteiger partial charge in [0.25, 0.3) is 5.91 Å². The van der Waals surface area contributed by atoms with E-state index in [1.54, 1.807) is 18.7 Å². The van der Waals surface area contributed by atoms with E-state index < -0.39 is 11.7 Å². The first kappa shape index (κ1) is 31.7. The molecule has 2 saturated heterocycles. The van der Waals surface area contributed by atoms with Crippen molar-refractivity contribution >= 4 is 23.6 Å². The molecule has 0 radical (unpaired) electrons. The van der Waals surface area contributed by atoms with Gasteiger partial charge in [0.1, 0.15) is 5.75 Å². The van der Waals surface area contributed by atoms with Crippen LogP contribution in [0.15, 0.2) is 48.5 Å². The Bertz CT molecular complexity index is 1340. The van der Waals surface area contributed by atoms with Crippen LogP contribution in [0, 0.1) is 5.92 Å². The Kier molecular flexibility index (Phi) is 9.14. The fourth-order valence-electron chi connectivity index (χ4n) is 6.29. The molecule has 44 heavy (non-hydrogen) atoms. The first-order chi connectivity index (χ1) is 20.8. The van der Waals surface area contributed by atoms with Gasteiger partial charge in [-0.2, -0.15) is 0 Å². The lowest BCUT2D eigenvalue weighted by molar-refractivity contribution is -0.147. The average molecular weight is 605 g/mol. The minimum absolute atomic E-state index is 0.0646. The molecule has 2 aliphatic heterocycles. The predicted molar refractivity (Wildman–Crippen MR) is 171 cm³/mol. The molecule has 0 spiro atoms. The Labute approximate surface area is 261 Å². The smallest absolute Gasteiger partial charge is 0.407 e. The summed E-state index contributed by atoms with van der Waals surface area (Å²) < 4.78 is 6.25. The molecule has 0 bridgehead atoms. The molecular formula is C35H48N4O5. The maximum Gasteiger partial charge on any atom is 0.407 e. The summed E-state index contributed by atoms with van der Waals surface area (Å²) >= 11 is 0. The lowest BCUT2D eigenvalue weighted by Crippen LogP contribution is -2.56. The van der Waals surface area contributed by atoms with Crippen molar-refractivity contribution in [3.63, 3.8) is 0 Å². The quantitative estimate of drug-likeness (QED) is 0.436. The van der Waals surface area contributed by atoms with E-state index in [2.05, 4.69) is 54.8 Å². The zero-order chi connectivity index (χ0) is 31.6. The van der Waals surface area contributed by atoms with E-state index in [0.717, 1.165) is 37.9 Å². The van der Waals surface area contributed by atoms with Gasteiger partial charge in [0.15, 0.2) is 5.60 Å². The molecule has 2 aromatic carbocycles. The molecule has 3 amide bonds. The van der Waals surface area contributed by atoms with Gasteiger partial charge < -0.3 is 29.4 Å². The molecule has 2 heterocycles. The number of rotatable bonds is 8. The molecule has 1 N–H and O–H groups in total. The number of nitrogens with zero attached hydrogens (tertiary/aromatic N) is 4. The summed E-state index contributed by atoms with van der Waals surface area (Å²) in [5.74, 6) is 0.617. The molecule has 3 fully saturated rings.